The molecule has 2 aromatic rings. The van der Waals surface area contributed by atoms with Crippen LogP contribution in [0.4, 0.5) is 14.5 Å². The number of hydrogen-bond donors (Lipinski definition) is 1. The van der Waals surface area contributed by atoms with Crippen LogP contribution in [0.25, 0.3) is 0 Å². The van der Waals surface area contributed by atoms with Crippen molar-refractivity contribution in [3.63, 3.8) is 0 Å². The molecule has 1 N–H and O–H groups in total. The summed E-state index contributed by atoms with van der Waals surface area (Å²) in [5, 5.41) is 3.08. The normalized spacial score (nSPS) is 10.5. The third-order valence-corrected chi connectivity index (χ3v) is 2.69. The maximum atomic E-state index is 12.3. The quantitative estimate of drug-likeness (QED) is 0.887. The zero-order chi connectivity index (χ0) is 15.2. The van der Waals surface area contributed by atoms with Gasteiger partial charge in [0.15, 0.2) is 11.5 Å². The van der Waals surface area contributed by atoms with Gasteiger partial charge in [-0.1, -0.05) is 0 Å². The Morgan fingerprint density at radius 2 is 2.05 bits per heavy atom. The molecule has 0 radical (unpaired) electrons. The van der Waals surface area contributed by atoms with Crippen LogP contribution < -0.4 is 14.8 Å². The fraction of sp³-hybridized carbons (Fsp3) is 0.286. The highest BCUT2D eigenvalue weighted by Crippen LogP contribution is 2.31. The number of nitrogens with zero attached hydrogens (tertiary/aromatic N) is 2. The molecule has 0 amide bonds. The first-order valence-electron chi connectivity index (χ1n) is 6.23. The van der Waals surface area contributed by atoms with Crippen LogP contribution in [0.3, 0.4) is 0 Å². The van der Waals surface area contributed by atoms with Crippen LogP contribution in [0.15, 0.2) is 30.5 Å². The third kappa shape index (κ3) is 4.27. The van der Waals surface area contributed by atoms with Crippen LogP contribution in [0, 0.1) is 6.92 Å². The number of rotatable bonds is 6. The van der Waals surface area contributed by atoms with E-state index in [0.29, 0.717) is 18.1 Å². The molecule has 7 heteroatoms. The van der Waals surface area contributed by atoms with E-state index in [0.717, 1.165) is 5.69 Å². The average Bonchev–Trinajstić information content (AvgIpc) is 2.45. The number of hydrogen-bond acceptors (Lipinski definition) is 5. The van der Waals surface area contributed by atoms with Gasteiger partial charge >= 0.3 is 6.61 Å². The van der Waals surface area contributed by atoms with Gasteiger partial charge in [-0.15, -0.1) is 0 Å². The van der Waals surface area contributed by atoms with Crippen molar-refractivity contribution in [1.29, 1.82) is 0 Å². The lowest BCUT2D eigenvalue weighted by molar-refractivity contribution is -0.0511. The minimum absolute atomic E-state index is 0.0173. The number of aromatic nitrogens is 2. The predicted molar refractivity (Wildman–Crippen MR) is 73.7 cm³/mol. The number of alkyl halides is 2. The summed E-state index contributed by atoms with van der Waals surface area (Å²) in [4.78, 5) is 8.25. The Morgan fingerprint density at radius 1 is 1.24 bits per heavy atom. The summed E-state index contributed by atoms with van der Waals surface area (Å²) >= 11 is 0. The maximum Gasteiger partial charge on any atom is 0.387 e. The predicted octanol–water partition coefficient (Wildman–Crippen LogP) is 3.01. The Bertz CT molecular complexity index is 609. The summed E-state index contributed by atoms with van der Waals surface area (Å²) in [7, 11) is 1.39. The number of aryl methyl sites for hydroxylation is 1. The van der Waals surface area contributed by atoms with Crippen LogP contribution in [-0.2, 0) is 6.54 Å². The number of ether oxygens (including phenoxy) is 2. The maximum absolute atomic E-state index is 12.3. The first-order chi connectivity index (χ1) is 10.1. The summed E-state index contributed by atoms with van der Waals surface area (Å²) in [5.74, 6) is 0.904. The molecule has 0 saturated heterocycles. The monoisotopic (exact) mass is 295 g/mol. The van der Waals surface area contributed by atoms with Gasteiger partial charge in [-0.05, 0) is 25.1 Å². The van der Waals surface area contributed by atoms with Crippen molar-refractivity contribution in [2.24, 2.45) is 0 Å². The van der Waals surface area contributed by atoms with Crippen molar-refractivity contribution in [2.75, 3.05) is 12.4 Å². The second kappa shape index (κ2) is 6.83. The number of benzene rings is 1. The van der Waals surface area contributed by atoms with E-state index < -0.39 is 6.61 Å². The largest absolute Gasteiger partial charge is 0.493 e. The molecule has 0 aliphatic rings. The molecule has 21 heavy (non-hydrogen) atoms. The lowest BCUT2D eigenvalue weighted by Gasteiger charge is -2.12. The number of halogens is 2. The van der Waals surface area contributed by atoms with Gasteiger partial charge in [0.25, 0.3) is 0 Å². The van der Waals surface area contributed by atoms with Gasteiger partial charge < -0.3 is 14.8 Å². The molecule has 112 valence electrons. The van der Waals surface area contributed by atoms with Crippen LogP contribution in [0.2, 0.25) is 0 Å². The van der Waals surface area contributed by atoms with Gasteiger partial charge in [0.1, 0.15) is 5.82 Å². The minimum atomic E-state index is -2.90. The van der Waals surface area contributed by atoms with Gasteiger partial charge in [0.2, 0.25) is 0 Å². The summed E-state index contributed by atoms with van der Waals surface area (Å²) in [5.41, 5.74) is 1.43. The minimum Gasteiger partial charge on any atom is -0.493 e. The van der Waals surface area contributed by atoms with E-state index in [-0.39, 0.29) is 11.5 Å². The number of anilines is 1. The van der Waals surface area contributed by atoms with E-state index in [9.17, 15) is 8.78 Å². The standard InChI is InChI=1S/C14H15F2N3O2/c1-9-17-6-5-11(19-9)8-18-10-3-4-12(20-2)13(7-10)21-14(15)16/h3-7,14,18H,8H2,1-2H3. The second-order valence-corrected chi connectivity index (χ2v) is 4.19. The van der Waals surface area contributed by atoms with Gasteiger partial charge in [0, 0.05) is 18.0 Å². The Hall–Kier alpha value is -2.44. The molecular weight excluding hydrogens is 280 g/mol. The first-order valence-corrected chi connectivity index (χ1v) is 6.23. The van der Waals surface area contributed by atoms with Crippen molar-refractivity contribution >= 4 is 5.69 Å². The van der Waals surface area contributed by atoms with Crippen LogP contribution in [0.5, 0.6) is 11.5 Å². The van der Waals surface area contributed by atoms with Crippen LogP contribution in [-0.4, -0.2) is 23.7 Å². The average molecular weight is 295 g/mol. The highest BCUT2D eigenvalue weighted by molar-refractivity contribution is 5.54. The summed E-state index contributed by atoms with van der Waals surface area (Å²) in [6, 6.07) is 6.51. The number of methoxy groups -OCH3 is 1. The Labute approximate surface area is 120 Å². The molecule has 5 nitrogen and oxygen atoms in total. The summed E-state index contributed by atoms with van der Waals surface area (Å²) in [6.45, 7) is -0.659. The molecule has 0 bridgehead atoms. The second-order valence-electron chi connectivity index (χ2n) is 4.19. The van der Waals surface area contributed by atoms with Crippen LogP contribution in [0.1, 0.15) is 11.5 Å². The molecular formula is C14H15F2N3O2. The van der Waals surface area contributed by atoms with Gasteiger partial charge in [-0.2, -0.15) is 8.78 Å². The smallest absolute Gasteiger partial charge is 0.387 e. The van der Waals surface area contributed by atoms with E-state index >= 15 is 0 Å². The van der Waals surface area contributed by atoms with Crippen molar-refractivity contribution in [1.82, 2.24) is 9.97 Å². The lowest BCUT2D eigenvalue weighted by atomic mass is 10.2. The van der Waals surface area contributed by atoms with Crippen molar-refractivity contribution in [3.05, 3.63) is 42.0 Å². The van der Waals surface area contributed by atoms with E-state index in [4.69, 9.17) is 4.74 Å². The van der Waals surface area contributed by atoms with E-state index in [2.05, 4.69) is 20.0 Å². The molecule has 0 spiro atoms. The topological polar surface area (TPSA) is 56.3 Å². The van der Waals surface area contributed by atoms with Crippen LogP contribution >= 0.6 is 0 Å². The van der Waals surface area contributed by atoms with E-state index in [1.165, 1.54) is 13.2 Å². The molecule has 1 aromatic heterocycles. The van der Waals surface area contributed by atoms with Gasteiger partial charge in [-0.25, -0.2) is 9.97 Å². The lowest BCUT2D eigenvalue weighted by Crippen LogP contribution is -2.06. The fourth-order valence-corrected chi connectivity index (χ4v) is 1.77. The van der Waals surface area contributed by atoms with Crippen molar-refractivity contribution in [3.8, 4) is 11.5 Å². The molecule has 0 atom stereocenters. The molecule has 0 fully saturated rings. The zero-order valence-corrected chi connectivity index (χ0v) is 11.6. The SMILES string of the molecule is COc1ccc(NCc2ccnc(C)n2)cc1OC(F)F. The molecule has 1 aromatic carbocycles. The van der Waals surface area contributed by atoms with E-state index in [1.54, 1.807) is 31.3 Å². The molecule has 0 unspecified atom stereocenters. The Morgan fingerprint density at radius 3 is 2.71 bits per heavy atom. The highest BCUT2D eigenvalue weighted by Gasteiger charge is 2.11. The molecule has 0 aliphatic carbocycles. The Balaban J connectivity index is 2.09. The highest BCUT2D eigenvalue weighted by atomic mass is 19.3. The summed E-state index contributed by atoms with van der Waals surface area (Å²) < 4.78 is 34.1. The third-order valence-electron chi connectivity index (χ3n) is 2.69. The molecule has 0 aliphatic heterocycles. The van der Waals surface area contributed by atoms with Gasteiger partial charge in [0.05, 0.1) is 19.3 Å². The van der Waals surface area contributed by atoms with Crippen molar-refractivity contribution < 1.29 is 18.3 Å². The molecule has 2 rings (SSSR count). The van der Waals surface area contributed by atoms with E-state index in [1.807, 2.05) is 0 Å². The molecule has 1 heterocycles. The Kier molecular flexibility index (Phi) is 4.86. The van der Waals surface area contributed by atoms with Gasteiger partial charge in [-0.3, -0.25) is 0 Å². The zero-order valence-electron chi connectivity index (χ0n) is 11.6. The number of nitrogens with one attached hydrogen (secondary N) is 1. The van der Waals surface area contributed by atoms with Crippen molar-refractivity contribution in [2.45, 2.75) is 20.1 Å². The summed E-state index contributed by atoms with van der Waals surface area (Å²) in [6.07, 6.45) is 1.67. The molecule has 0 saturated carbocycles. The fourth-order valence-electron chi connectivity index (χ4n) is 1.77. The first kappa shape index (κ1) is 15.0.